The Bertz CT molecular complexity index is 468. The van der Waals surface area contributed by atoms with E-state index in [-0.39, 0.29) is 24.0 Å². The van der Waals surface area contributed by atoms with Gasteiger partial charge in [-0.2, -0.15) is 0 Å². The molecule has 0 bridgehead atoms. The zero-order valence-corrected chi connectivity index (χ0v) is 14.2. The maximum absolute atomic E-state index is 11.9. The topological polar surface area (TPSA) is 72.8 Å². The third-order valence-electron chi connectivity index (χ3n) is 4.61. The summed E-state index contributed by atoms with van der Waals surface area (Å²) in [5.41, 5.74) is 0.632. The van der Waals surface area contributed by atoms with Crippen LogP contribution in [0, 0.1) is 0 Å². The van der Waals surface area contributed by atoms with Crippen LogP contribution in [-0.4, -0.2) is 35.2 Å². The first-order valence-corrected chi connectivity index (χ1v) is 8.81. The number of ether oxygens (including phenoxy) is 2. The SMILES string of the molecule is CCCCCCC(OC(C)=O)C1CCC2=C(O1)C(O)CCC2=O. The normalized spacial score (nSPS) is 25.6. The van der Waals surface area contributed by atoms with Crippen LogP contribution in [0.15, 0.2) is 11.3 Å². The largest absolute Gasteiger partial charge is 0.488 e. The van der Waals surface area contributed by atoms with Gasteiger partial charge in [-0.25, -0.2) is 0 Å². The van der Waals surface area contributed by atoms with Gasteiger partial charge >= 0.3 is 5.97 Å². The summed E-state index contributed by atoms with van der Waals surface area (Å²) in [7, 11) is 0. The Kier molecular flexibility index (Phi) is 6.63. The van der Waals surface area contributed by atoms with Crippen LogP contribution in [0.3, 0.4) is 0 Å². The van der Waals surface area contributed by atoms with Gasteiger partial charge in [0.2, 0.25) is 0 Å². The maximum atomic E-state index is 11.9. The lowest BCUT2D eigenvalue weighted by Gasteiger charge is -2.36. The molecular formula is C18H28O5. The van der Waals surface area contributed by atoms with Gasteiger partial charge in [-0.15, -0.1) is 0 Å². The smallest absolute Gasteiger partial charge is 0.303 e. The summed E-state index contributed by atoms with van der Waals surface area (Å²) in [6.07, 6.45) is 5.96. The molecule has 0 spiro atoms. The fraction of sp³-hybridized carbons (Fsp3) is 0.778. The van der Waals surface area contributed by atoms with Crippen molar-refractivity contribution in [2.24, 2.45) is 0 Å². The van der Waals surface area contributed by atoms with E-state index in [0.717, 1.165) is 25.7 Å². The zero-order chi connectivity index (χ0) is 16.8. The van der Waals surface area contributed by atoms with Gasteiger partial charge < -0.3 is 14.6 Å². The Morgan fingerprint density at radius 1 is 1.30 bits per heavy atom. The quantitative estimate of drug-likeness (QED) is 0.575. The molecule has 0 fully saturated rings. The van der Waals surface area contributed by atoms with Gasteiger partial charge in [-0.1, -0.05) is 26.2 Å². The molecule has 1 heterocycles. The molecule has 23 heavy (non-hydrogen) atoms. The van der Waals surface area contributed by atoms with Crippen molar-refractivity contribution >= 4 is 11.8 Å². The van der Waals surface area contributed by atoms with Crippen molar-refractivity contribution < 1.29 is 24.2 Å². The van der Waals surface area contributed by atoms with Crippen molar-refractivity contribution in [1.29, 1.82) is 0 Å². The summed E-state index contributed by atoms with van der Waals surface area (Å²) in [5.74, 6) is 0.188. The monoisotopic (exact) mass is 324 g/mol. The molecule has 1 N–H and O–H groups in total. The molecule has 0 aromatic heterocycles. The Hall–Kier alpha value is -1.36. The number of esters is 1. The van der Waals surface area contributed by atoms with Gasteiger partial charge in [0.25, 0.3) is 0 Å². The molecule has 1 aliphatic carbocycles. The molecule has 0 saturated carbocycles. The lowest BCUT2D eigenvalue weighted by Crippen LogP contribution is -2.39. The number of hydrogen-bond donors (Lipinski definition) is 1. The fourth-order valence-electron chi connectivity index (χ4n) is 3.38. The van der Waals surface area contributed by atoms with E-state index in [0.29, 0.717) is 37.0 Å². The highest BCUT2D eigenvalue weighted by Crippen LogP contribution is 2.35. The number of Topliss-reactive ketones (excluding diaryl/α,β-unsaturated/α-hetero) is 1. The van der Waals surface area contributed by atoms with Gasteiger partial charge in [0.1, 0.15) is 24.1 Å². The van der Waals surface area contributed by atoms with Crippen molar-refractivity contribution in [3.63, 3.8) is 0 Å². The molecule has 3 unspecified atom stereocenters. The minimum atomic E-state index is -0.705. The molecule has 0 amide bonds. The number of carbonyl (C=O) groups is 2. The second kappa shape index (κ2) is 8.48. The molecule has 1 aliphatic heterocycles. The number of unbranched alkanes of at least 4 members (excludes halogenated alkanes) is 3. The fourth-order valence-corrected chi connectivity index (χ4v) is 3.38. The first kappa shape index (κ1) is 18.0. The Morgan fingerprint density at radius 2 is 2.09 bits per heavy atom. The first-order chi connectivity index (χ1) is 11.0. The molecule has 5 nitrogen and oxygen atoms in total. The number of aliphatic hydroxyl groups is 1. The van der Waals surface area contributed by atoms with E-state index < -0.39 is 6.10 Å². The summed E-state index contributed by atoms with van der Waals surface area (Å²) in [4.78, 5) is 23.3. The van der Waals surface area contributed by atoms with E-state index in [1.807, 2.05) is 0 Å². The number of ketones is 1. The highest BCUT2D eigenvalue weighted by Gasteiger charge is 2.37. The van der Waals surface area contributed by atoms with Crippen molar-refractivity contribution in [2.75, 3.05) is 0 Å². The van der Waals surface area contributed by atoms with Crippen molar-refractivity contribution in [1.82, 2.24) is 0 Å². The average Bonchev–Trinajstić information content (AvgIpc) is 2.53. The third kappa shape index (κ3) is 4.80. The minimum Gasteiger partial charge on any atom is -0.488 e. The zero-order valence-electron chi connectivity index (χ0n) is 14.2. The number of rotatable bonds is 7. The highest BCUT2D eigenvalue weighted by atomic mass is 16.6. The van der Waals surface area contributed by atoms with E-state index in [4.69, 9.17) is 9.47 Å². The third-order valence-corrected chi connectivity index (χ3v) is 4.61. The van der Waals surface area contributed by atoms with Crippen molar-refractivity contribution in [3.05, 3.63) is 11.3 Å². The van der Waals surface area contributed by atoms with Crippen LogP contribution in [-0.2, 0) is 19.1 Å². The molecule has 2 rings (SSSR count). The number of hydrogen-bond acceptors (Lipinski definition) is 5. The number of carbonyl (C=O) groups excluding carboxylic acids is 2. The number of allylic oxidation sites excluding steroid dienone is 1. The van der Waals surface area contributed by atoms with Crippen LogP contribution in [0.5, 0.6) is 0 Å². The summed E-state index contributed by atoms with van der Waals surface area (Å²) in [5, 5.41) is 10.1. The van der Waals surface area contributed by atoms with Gasteiger partial charge in [-0.05, 0) is 32.1 Å². The molecule has 0 saturated heterocycles. The van der Waals surface area contributed by atoms with Crippen LogP contribution >= 0.6 is 0 Å². The van der Waals surface area contributed by atoms with Gasteiger partial charge in [0.05, 0.1) is 0 Å². The molecular weight excluding hydrogens is 296 g/mol. The summed E-state index contributed by atoms with van der Waals surface area (Å²) >= 11 is 0. The van der Waals surface area contributed by atoms with Crippen molar-refractivity contribution in [3.8, 4) is 0 Å². The van der Waals surface area contributed by atoms with Crippen LogP contribution < -0.4 is 0 Å². The van der Waals surface area contributed by atoms with Crippen LogP contribution in [0.1, 0.15) is 71.6 Å². The molecule has 0 radical (unpaired) electrons. The second-order valence-electron chi connectivity index (χ2n) is 6.51. The van der Waals surface area contributed by atoms with E-state index in [2.05, 4.69) is 6.92 Å². The van der Waals surface area contributed by atoms with Gasteiger partial charge in [0.15, 0.2) is 5.78 Å². The van der Waals surface area contributed by atoms with Gasteiger partial charge in [-0.3, -0.25) is 9.59 Å². The van der Waals surface area contributed by atoms with Crippen LogP contribution in [0.4, 0.5) is 0 Å². The Balaban J connectivity index is 2.02. The Morgan fingerprint density at radius 3 is 2.78 bits per heavy atom. The predicted octanol–water partition coefficient (Wildman–Crippen LogP) is 3.05. The maximum Gasteiger partial charge on any atom is 0.303 e. The molecule has 0 aromatic carbocycles. The van der Waals surface area contributed by atoms with Crippen molar-refractivity contribution in [2.45, 2.75) is 89.9 Å². The van der Waals surface area contributed by atoms with E-state index >= 15 is 0 Å². The summed E-state index contributed by atoms with van der Waals surface area (Å²) in [6.45, 7) is 3.56. The van der Waals surface area contributed by atoms with Gasteiger partial charge in [0, 0.05) is 18.9 Å². The van der Waals surface area contributed by atoms with Crippen LogP contribution in [0.25, 0.3) is 0 Å². The molecule has 130 valence electrons. The minimum absolute atomic E-state index is 0.0794. The summed E-state index contributed by atoms with van der Waals surface area (Å²) < 4.78 is 11.4. The number of aliphatic hydroxyl groups excluding tert-OH is 1. The molecule has 2 aliphatic rings. The van der Waals surface area contributed by atoms with E-state index in [9.17, 15) is 14.7 Å². The van der Waals surface area contributed by atoms with E-state index in [1.54, 1.807) is 0 Å². The molecule has 0 aromatic rings. The first-order valence-electron chi connectivity index (χ1n) is 8.81. The lowest BCUT2D eigenvalue weighted by atomic mass is 9.87. The second-order valence-corrected chi connectivity index (χ2v) is 6.51. The highest BCUT2D eigenvalue weighted by molar-refractivity contribution is 5.97. The standard InChI is InChI=1S/C18H28O5/c1-3-4-5-6-7-16(22-12(2)19)17-11-8-13-14(20)9-10-15(21)18(13)23-17/h15-17,21H,3-11H2,1-2H3. The van der Waals surface area contributed by atoms with Crippen LogP contribution in [0.2, 0.25) is 0 Å². The van der Waals surface area contributed by atoms with E-state index in [1.165, 1.54) is 13.3 Å². The molecule has 3 atom stereocenters. The lowest BCUT2D eigenvalue weighted by molar-refractivity contribution is -0.156. The Labute approximate surface area is 138 Å². The molecule has 5 heteroatoms. The summed E-state index contributed by atoms with van der Waals surface area (Å²) in [6, 6.07) is 0. The average molecular weight is 324 g/mol. The predicted molar refractivity (Wildman–Crippen MR) is 85.7 cm³/mol.